The summed E-state index contributed by atoms with van der Waals surface area (Å²) in [5, 5.41) is 22.6. The molecule has 1 heterocycles. The highest BCUT2D eigenvalue weighted by Crippen LogP contribution is 2.25. The molecule has 0 saturated heterocycles. The Hall–Kier alpha value is -2.34. The van der Waals surface area contributed by atoms with E-state index < -0.39 is 5.97 Å². The molecule has 2 aromatic rings. The Morgan fingerprint density at radius 2 is 2.00 bits per heavy atom. The maximum atomic E-state index is 11.7. The van der Waals surface area contributed by atoms with Crippen molar-refractivity contribution in [1.82, 2.24) is 0 Å². The van der Waals surface area contributed by atoms with Crippen LogP contribution >= 0.6 is 11.3 Å². The lowest BCUT2D eigenvalue weighted by Gasteiger charge is -2.07. The number of thiophene rings is 1. The van der Waals surface area contributed by atoms with E-state index in [1.807, 2.05) is 0 Å². The molecular formula is C12H9NO4S. The van der Waals surface area contributed by atoms with Crippen LogP contribution in [0.2, 0.25) is 0 Å². The Balaban J connectivity index is 2.26. The van der Waals surface area contributed by atoms with Gasteiger partial charge in [0.1, 0.15) is 5.75 Å². The molecular weight excluding hydrogens is 254 g/mol. The third-order valence-electron chi connectivity index (χ3n) is 2.24. The lowest BCUT2D eigenvalue weighted by Crippen LogP contribution is -2.11. The van der Waals surface area contributed by atoms with Crippen LogP contribution in [0.15, 0.2) is 35.7 Å². The predicted molar refractivity (Wildman–Crippen MR) is 67.3 cm³/mol. The van der Waals surface area contributed by atoms with E-state index in [0.29, 0.717) is 4.88 Å². The smallest absolute Gasteiger partial charge is 0.335 e. The maximum absolute atomic E-state index is 11.7. The number of aromatic carboxylic acids is 1. The highest BCUT2D eigenvalue weighted by molar-refractivity contribution is 7.12. The standard InChI is InChI=1S/C12H9NO4S/c14-9-4-3-7(12(16)17)6-8(9)13-11(15)10-2-1-5-18-10/h1-6,14H,(H,13,15)(H,16,17). The average molecular weight is 263 g/mol. The first-order valence-electron chi connectivity index (χ1n) is 4.99. The van der Waals surface area contributed by atoms with Crippen LogP contribution in [0.1, 0.15) is 20.0 Å². The van der Waals surface area contributed by atoms with Gasteiger partial charge in [-0.05, 0) is 29.6 Å². The third-order valence-corrected chi connectivity index (χ3v) is 3.11. The van der Waals surface area contributed by atoms with Crippen LogP contribution in [0, 0.1) is 0 Å². The molecule has 0 saturated carbocycles. The van der Waals surface area contributed by atoms with Gasteiger partial charge in [-0.15, -0.1) is 11.3 Å². The van der Waals surface area contributed by atoms with E-state index in [4.69, 9.17) is 5.11 Å². The number of phenolic OH excluding ortho intramolecular Hbond substituents is 1. The molecule has 6 heteroatoms. The molecule has 0 unspecified atom stereocenters. The van der Waals surface area contributed by atoms with E-state index in [1.165, 1.54) is 29.5 Å². The largest absolute Gasteiger partial charge is 0.506 e. The van der Waals surface area contributed by atoms with Gasteiger partial charge < -0.3 is 15.5 Å². The number of carbonyl (C=O) groups is 2. The van der Waals surface area contributed by atoms with Crippen molar-refractivity contribution in [2.75, 3.05) is 5.32 Å². The van der Waals surface area contributed by atoms with Crippen molar-refractivity contribution in [2.24, 2.45) is 0 Å². The number of carbonyl (C=O) groups excluding carboxylic acids is 1. The summed E-state index contributed by atoms with van der Waals surface area (Å²) < 4.78 is 0. The molecule has 2 rings (SSSR count). The first-order chi connectivity index (χ1) is 8.58. The van der Waals surface area contributed by atoms with Gasteiger partial charge in [-0.3, -0.25) is 4.79 Å². The number of benzene rings is 1. The Morgan fingerprint density at radius 1 is 1.22 bits per heavy atom. The Bertz CT molecular complexity index is 592. The zero-order valence-electron chi connectivity index (χ0n) is 9.08. The molecule has 1 aromatic heterocycles. The lowest BCUT2D eigenvalue weighted by atomic mass is 10.2. The Morgan fingerprint density at radius 3 is 2.61 bits per heavy atom. The second-order valence-electron chi connectivity index (χ2n) is 3.47. The zero-order chi connectivity index (χ0) is 13.1. The molecule has 0 aliphatic rings. The van der Waals surface area contributed by atoms with Gasteiger partial charge in [0, 0.05) is 0 Å². The fourth-order valence-corrected chi connectivity index (χ4v) is 1.98. The number of nitrogens with one attached hydrogen (secondary N) is 1. The Labute approximate surface area is 106 Å². The predicted octanol–water partition coefficient (Wildman–Crippen LogP) is 2.40. The summed E-state index contributed by atoms with van der Waals surface area (Å²) in [6.07, 6.45) is 0. The fourth-order valence-electron chi connectivity index (χ4n) is 1.36. The highest BCUT2D eigenvalue weighted by atomic mass is 32.1. The number of phenols is 1. The van der Waals surface area contributed by atoms with Crippen molar-refractivity contribution in [2.45, 2.75) is 0 Å². The molecule has 0 atom stereocenters. The van der Waals surface area contributed by atoms with Gasteiger partial charge in [0.05, 0.1) is 16.1 Å². The topological polar surface area (TPSA) is 86.6 Å². The van der Waals surface area contributed by atoms with Crippen LogP contribution in [0.3, 0.4) is 0 Å². The molecule has 1 aromatic carbocycles. The minimum atomic E-state index is -1.12. The van der Waals surface area contributed by atoms with E-state index in [0.717, 1.165) is 0 Å². The number of carboxylic acid groups (broad SMARTS) is 1. The van der Waals surface area contributed by atoms with Crippen molar-refractivity contribution in [1.29, 1.82) is 0 Å². The van der Waals surface area contributed by atoms with E-state index in [9.17, 15) is 14.7 Å². The molecule has 5 nitrogen and oxygen atoms in total. The SMILES string of the molecule is O=C(O)c1ccc(O)c(NC(=O)c2cccs2)c1. The minimum absolute atomic E-state index is 0.00530. The number of amides is 1. The molecule has 0 radical (unpaired) electrons. The number of hydrogen-bond donors (Lipinski definition) is 3. The number of anilines is 1. The molecule has 3 N–H and O–H groups in total. The quantitative estimate of drug-likeness (QED) is 0.742. The first kappa shape index (κ1) is 12.1. The average Bonchev–Trinajstić information content (AvgIpc) is 2.85. The van der Waals surface area contributed by atoms with Crippen molar-refractivity contribution in [3.8, 4) is 5.75 Å². The summed E-state index contributed by atoms with van der Waals surface area (Å²) in [5.74, 6) is -1.69. The van der Waals surface area contributed by atoms with Gasteiger partial charge in [-0.2, -0.15) is 0 Å². The number of rotatable bonds is 3. The molecule has 92 valence electrons. The Kier molecular flexibility index (Phi) is 3.29. The van der Waals surface area contributed by atoms with E-state index in [2.05, 4.69) is 5.32 Å². The summed E-state index contributed by atoms with van der Waals surface area (Å²) in [6.45, 7) is 0. The molecule has 0 aliphatic carbocycles. The van der Waals surface area contributed by atoms with Crippen LogP contribution in [0.5, 0.6) is 5.75 Å². The van der Waals surface area contributed by atoms with Crippen LogP contribution < -0.4 is 5.32 Å². The van der Waals surface area contributed by atoms with Gasteiger partial charge in [0.2, 0.25) is 0 Å². The molecule has 0 spiro atoms. The lowest BCUT2D eigenvalue weighted by molar-refractivity contribution is 0.0696. The second-order valence-corrected chi connectivity index (χ2v) is 4.42. The van der Waals surface area contributed by atoms with Gasteiger partial charge in [0.25, 0.3) is 5.91 Å². The first-order valence-corrected chi connectivity index (χ1v) is 5.87. The molecule has 1 amide bonds. The number of aromatic hydroxyl groups is 1. The summed E-state index contributed by atoms with van der Waals surface area (Å²) in [6, 6.07) is 7.07. The van der Waals surface area contributed by atoms with Crippen LogP contribution in [-0.4, -0.2) is 22.1 Å². The van der Waals surface area contributed by atoms with E-state index >= 15 is 0 Å². The van der Waals surface area contributed by atoms with Crippen LogP contribution in [0.4, 0.5) is 5.69 Å². The van der Waals surface area contributed by atoms with Crippen molar-refractivity contribution >= 4 is 28.9 Å². The van der Waals surface area contributed by atoms with E-state index in [1.54, 1.807) is 17.5 Å². The molecule has 0 aliphatic heterocycles. The summed E-state index contributed by atoms with van der Waals surface area (Å²) >= 11 is 1.26. The second kappa shape index (κ2) is 4.89. The maximum Gasteiger partial charge on any atom is 0.335 e. The van der Waals surface area contributed by atoms with Crippen molar-refractivity contribution in [3.05, 3.63) is 46.2 Å². The monoisotopic (exact) mass is 263 g/mol. The molecule has 18 heavy (non-hydrogen) atoms. The minimum Gasteiger partial charge on any atom is -0.506 e. The van der Waals surface area contributed by atoms with E-state index in [-0.39, 0.29) is 22.9 Å². The molecule has 0 bridgehead atoms. The summed E-state index contributed by atoms with van der Waals surface area (Å²) in [5.41, 5.74) is 0.0718. The van der Waals surface area contributed by atoms with Crippen LogP contribution in [0.25, 0.3) is 0 Å². The number of hydrogen-bond acceptors (Lipinski definition) is 4. The van der Waals surface area contributed by atoms with Gasteiger partial charge in [0.15, 0.2) is 0 Å². The van der Waals surface area contributed by atoms with Crippen molar-refractivity contribution < 1.29 is 19.8 Å². The van der Waals surface area contributed by atoms with Gasteiger partial charge in [-0.1, -0.05) is 6.07 Å². The summed E-state index contributed by atoms with van der Waals surface area (Å²) in [4.78, 5) is 23.0. The van der Waals surface area contributed by atoms with Gasteiger partial charge in [-0.25, -0.2) is 4.79 Å². The molecule has 0 fully saturated rings. The van der Waals surface area contributed by atoms with Crippen molar-refractivity contribution in [3.63, 3.8) is 0 Å². The van der Waals surface area contributed by atoms with Crippen LogP contribution in [-0.2, 0) is 0 Å². The third kappa shape index (κ3) is 2.49. The fraction of sp³-hybridized carbons (Fsp3) is 0. The zero-order valence-corrected chi connectivity index (χ0v) is 9.90. The highest BCUT2D eigenvalue weighted by Gasteiger charge is 2.12. The summed E-state index contributed by atoms with van der Waals surface area (Å²) in [7, 11) is 0. The normalized spacial score (nSPS) is 10.0. The number of carboxylic acids is 1. The van der Waals surface area contributed by atoms with Gasteiger partial charge >= 0.3 is 5.97 Å².